The Balaban J connectivity index is 1.49. The molecular weight excluding hydrogens is 394 g/mol. The van der Waals surface area contributed by atoms with Gasteiger partial charge in [0.1, 0.15) is 5.25 Å². The van der Waals surface area contributed by atoms with Crippen molar-refractivity contribution in [3.8, 4) is 11.4 Å². The molecule has 0 saturated heterocycles. The van der Waals surface area contributed by atoms with Crippen LogP contribution in [0.25, 0.3) is 11.4 Å². The average Bonchev–Trinajstić information content (AvgIpc) is 3.16. The SMILES string of the molecule is Cc1cccc(NC(=O)C2Sc3nnc(-c4ccccc4)n3NC23CCCCC3)c1. The summed E-state index contributed by atoms with van der Waals surface area (Å²) < 4.78 is 1.99. The Morgan fingerprint density at radius 3 is 2.67 bits per heavy atom. The fourth-order valence-electron chi connectivity index (χ4n) is 4.51. The van der Waals surface area contributed by atoms with Crippen LogP contribution in [0.15, 0.2) is 59.8 Å². The van der Waals surface area contributed by atoms with E-state index in [2.05, 4.69) is 20.9 Å². The molecule has 1 aromatic heterocycles. The number of hydrogen-bond acceptors (Lipinski definition) is 5. The number of carbonyl (C=O) groups is 1. The van der Waals surface area contributed by atoms with Crippen LogP contribution in [0, 0.1) is 6.92 Å². The van der Waals surface area contributed by atoms with Gasteiger partial charge in [0.2, 0.25) is 11.1 Å². The van der Waals surface area contributed by atoms with Gasteiger partial charge in [-0.25, -0.2) is 4.68 Å². The summed E-state index contributed by atoms with van der Waals surface area (Å²) >= 11 is 1.52. The van der Waals surface area contributed by atoms with Crippen molar-refractivity contribution in [2.24, 2.45) is 0 Å². The Hall–Kier alpha value is -2.80. The molecule has 1 saturated carbocycles. The van der Waals surface area contributed by atoms with Gasteiger partial charge in [-0.05, 0) is 37.5 Å². The third-order valence-electron chi connectivity index (χ3n) is 5.99. The minimum atomic E-state index is -0.310. The van der Waals surface area contributed by atoms with E-state index in [-0.39, 0.29) is 16.7 Å². The van der Waals surface area contributed by atoms with E-state index in [4.69, 9.17) is 0 Å². The molecule has 2 aliphatic rings. The maximum absolute atomic E-state index is 13.4. The van der Waals surface area contributed by atoms with Gasteiger partial charge in [0.25, 0.3) is 0 Å². The van der Waals surface area contributed by atoms with Crippen LogP contribution in [-0.4, -0.2) is 31.6 Å². The van der Waals surface area contributed by atoms with Gasteiger partial charge in [0, 0.05) is 11.3 Å². The van der Waals surface area contributed by atoms with E-state index in [1.165, 1.54) is 18.2 Å². The third-order valence-corrected chi connectivity index (χ3v) is 7.37. The Morgan fingerprint density at radius 1 is 1.10 bits per heavy atom. The Kier molecular flexibility index (Phi) is 4.98. The predicted octanol–water partition coefficient (Wildman–Crippen LogP) is 4.61. The zero-order chi connectivity index (χ0) is 20.6. The molecule has 5 rings (SSSR count). The quantitative estimate of drug-likeness (QED) is 0.648. The van der Waals surface area contributed by atoms with E-state index < -0.39 is 0 Å². The topological polar surface area (TPSA) is 71.8 Å². The van der Waals surface area contributed by atoms with Crippen LogP contribution in [0.1, 0.15) is 37.7 Å². The van der Waals surface area contributed by atoms with E-state index in [0.29, 0.717) is 0 Å². The van der Waals surface area contributed by atoms with Crippen molar-refractivity contribution in [3.63, 3.8) is 0 Å². The number of rotatable bonds is 3. The highest BCUT2D eigenvalue weighted by molar-refractivity contribution is 8.00. The van der Waals surface area contributed by atoms with Crippen LogP contribution in [0.3, 0.4) is 0 Å². The number of anilines is 1. The lowest BCUT2D eigenvalue weighted by Gasteiger charge is -2.46. The van der Waals surface area contributed by atoms with Gasteiger partial charge in [0.05, 0.1) is 5.54 Å². The Bertz CT molecular complexity index is 1060. The van der Waals surface area contributed by atoms with Crippen molar-refractivity contribution in [3.05, 3.63) is 60.2 Å². The summed E-state index contributed by atoms with van der Waals surface area (Å²) in [6.45, 7) is 2.03. The minimum Gasteiger partial charge on any atom is -0.325 e. The molecule has 30 heavy (non-hydrogen) atoms. The molecule has 1 aliphatic carbocycles. The maximum atomic E-state index is 13.4. The fraction of sp³-hybridized carbons (Fsp3) is 0.348. The first-order chi connectivity index (χ1) is 14.6. The van der Waals surface area contributed by atoms with Gasteiger partial charge in [0.15, 0.2) is 5.82 Å². The average molecular weight is 420 g/mol. The van der Waals surface area contributed by atoms with Crippen molar-refractivity contribution in [2.75, 3.05) is 10.7 Å². The highest BCUT2D eigenvalue weighted by Gasteiger charge is 2.49. The van der Waals surface area contributed by atoms with Crippen molar-refractivity contribution in [2.45, 2.75) is 55.0 Å². The molecule has 1 spiro atoms. The van der Waals surface area contributed by atoms with Gasteiger partial charge >= 0.3 is 0 Å². The summed E-state index contributed by atoms with van der Waals surface area (Å²) in [5.41, 5.74) is 6.36. The summed E-state index contributed by atoms with van der Waals surface area (Å²) in [4.78, 5) is 13.4. The van der Waals surface area contributed by atoms with E-state index in [1.807, 2.05) is 66.2 Å². The van der Waals surface area contributed by atoms with Crippen molar-refractivity contribution < 1.29 is 4.79 Å². The van der Waals surface area contributed by atoms with Crippen LogP contribution >= 0.6 is 11.8 Å². The van der Waals surface area contributed by atoms with Gasteiger partial charge in [-0.2, -0.15) is 0 Å². The molecule has 7 heteroatoms. The lowest BCUT2D eigenvalue weighted by Crippen LogP contribution is -2.59. The maximum Gasteiger partial charge on any atom is 0.240 e. The smallest absolute Gasteiger partial charge is 0.240 e. The standard InChI is InChI=1S/C23H25N5OS/c1-16-9-8-12-18(15-16)24-21(29)19-23(13-6-3-7-14-23)27-28-20(25-26-22(28)30-19)17-10-4-2-5-11-17/h2,4-5,8-12,15,19,27H,3,6-7,13-14H2,1H3,(H,24,29). The fourth-order valence-corrected chi connectivity index (χ4v) is 5.73. The number of fused-ring (bicyclic) bond motifs is 1. The van der Waals surface area contributed by atoms with Crippen LogP contribution < -0.4 is 10.7 Å². The first kappa shape index (κ1) is 19.2. The van der Waals surface area contributed by atoms with Gasteiger partial charge in [-0.3, -0.25) is 4.79 Å². The van der Waals surface area contributed by atoms with Crippen molar-refractivity contribution in [1.29, 1.82) is 0 Å². The van der Waals surface area contributed by atoms with Crippen LogP contribution in [-0.2, 0) is 4.79 Å². The zero-order valence-electron chi connectivity index (χ0n) is 17.0. The molecule has 2 N–H and O–H groups in total. The van der Waals surface area contributed by atoms with E-state index in [1.54, 1.807) is 0 Å². The van der Waals surface area contributed by atoms with E-state index in [0.717, 1.165) is 53.5 Å². The van der Waals surface area contributed by atoms with Crippen LogP contribution in [0.2, 0.25) is 0 Å². The van der Waals surface area contributed by atoms with E-state index in [9.17, 15) is 4.79 Å². The van der Waals surface area contributed by atoms with Crippen LogP contribution in [0.4, 0.5) is 5.69 Å². The molecule has 1 aliphatic heterocycles. The van der Waals surface area contributed by atoms with Crippen molar-refractivity contribution >= 4 is 23.4 Å². The molecule has 1 amide bonds. The second kappa shape index (κ2) is 7.80. The van der Waals surface area contributed by atoms with Gasteiger partial charge in [-0.15, -0.1) is 10.2 Å². The lowest BCUT2D eigenvalue weighted by atomic mass is 9.79. The zero-order valence-corrected chi connectivity index (χ0v) is 17.8. The molecular formula is C23H25N5OS. The molecule has 2 heterocycles. The minimum absolute atomic E-state index is 0.0236. The molecule has 1 fully saturated rings. The van der Waals surface area contributed by atoms with Gasteiger partial charge in [-0.1, -0.05) is 73.5 Å². The highest BCUT2D eigenvalue weighted by atomic mass is 32.2. The molecule has 154 valence electrons. The van der Waals surface area contributed by atoms with Crippen LogP contribution in [0.5, 0.6) is 0 Å². The Morgan fingerprint density at radius 2 is 1.90 bits per heavy atom. The summed E-state index contributed by atoms with van der Waals surface area (Å²) in [5, 5.41) is 12.4. The number of hydrogen-bond donors (Lipinski definition) is 2. The largest absolute Gasteiger partial charge is 0.325 e. The number of aromatic nitrogens is 3. The number of thioether (sulfide) groups is 1. The molecule has 0 bridgehead atoms. The Labute approximate surface area is 180 Å². The number of carbonyl (C=O) groups excluding carboxylic acids is 1. The highest BCUT2D eigenvalue weighted by Crippen LogP contribution is 2.44. The number of amides is 1. The van der Waals surface area contributed by atoms with Gasteiger partial charge < -0.3 is 10.7 Å². The monoisotopic (exact) mass is 419 g/mol. The molecule has 0 radical (unpaired) electrons. The second-order valence-corrected chi connectivity index (χ2v) is 9.27. The number of aryl methyl sites for hydroxylation is 1. The number of benzene rings is 2. The predicted molar refractivity (Wildman–Crippen MR) is 120 cm³/mol. The third kappa shape index (κ3) is 3.47. The summed E-state index contributed by atoms with van der Waals surface area (Å²) in [6, 6.07) is 18.0. The summed E-state index contributed by atoms with van der Waals surface area (Å²) in [7, 11) is 0. The normalized spacial score (nSPS) is 19.7. The summed E-state index contributed by atoms with van der Waals surface area (Å²) in [6.07, 6.45) is 5.34. The first-order valence-corrected chi connectivity index (χ1v) is 11.4. The number of nitrogens with zero attached hydrogens (tertiary/aromatic N) is 3. The summed E-state index contributed by atoms with van der Waals surface area (Å²) in [5.74, 6) is 0.816. The molecule has 2 aromatic carbocycles. The lowest BCUT2D eigenvalue weighted by molar-refractivity contribution is -0.117. The number of nitrogens with one attached hydrogen (secondary N) is 2. The molecule has 1 unspecified atom stereocenters. The molecule has 3 aromatic rings. The molecule has 6 nitrogen and oxygen atoms in total. The molecule has 1 atom stereocenters. The van der Waals surface area contributed by atoms with E-state index >= 15 is 0 Å². The van der Waals surface area contributed by atoms with Crippen molar-refractivity contribution in [1.82, 2.24) is 14.9 Å². The first-order valence-electron chi connectivity index (χ1n) is 10.5. The second-order valence-electron chi connectivity index (χ2n) is 8.19.